The van der Waals surface area contributed by atoms with Crippen LogP contribution in [0.1, 0.15) is 25.7 Å². The van der Waals surface area contributed by atoms with E-state index >= 15 is 0 Å². The minimum Gasteiger partial charge on any atom is -0.483 e. The second-order valence-electron chi connectivity index (χ2n) is 5.85. The molecule has 2 saturated heterocycles. The summed E-state index contributed by atoms with van der Waals surface area (Å²) < 4.78 is 1.76. The molecule has 8 nitrogen and oxygen atoms in total. The van der Waals surface area contributed by atoms with E-state index in [-0.39, 0.29) is 24.8 Å². The van der Waals surface area contributed by atoms with Gasteiger partial charge in [-0.3, -0.25) is 14.4 Å². The third kappa shape index (κ3) is 3.35. The Balaban J connectivity index is 0.000000595. The Morgan fingerprint density at radius 3 is 2.65 bits per heavy atom. The smallest absolute Gasteiger partial charge is 0.290 e. The number of carbonyl (C=O) groups is 3. The fourth-order valence-corrected chi connectivity index (χ4v) is 3.52. The van der Waals surface area contributed by atoms with Gasteiger partial charge in [-0.1, -0.05) is 0 Å². The van der Waals surface area contributed by atoms with E-state index < -0.39 is 5.54 Å². The van der Waals surface area contributed by atoms with Crippen LogP contribution >= 0.6 is 0 Å². The summed E-state index contributed by atoms with van der Waals surface area (Å²) in [6.07, 6.45) is 8.54. The average Bonchev–Trinajstić information content (AvgIpc) is 3.16. The van der Waals surface area contributed by atoms with Crippen LogP contribution in [-0.2, 0) is 20.9 Å². The highest BCUT2D eigenvalue weighted by Gasteiger charge is 2.51. The van der Waals surface area contributed by atoms with Crippen molar-refractivity contribution in [3.63, 3.8) is 0 Å². The number of piperidine rings is 1. The molecule has 126 valence electrons. The molecule has 1 spiro atoms. The van der Waals surface area contributed by atoms with Crippen LogP contribution in [0.15, 0.2) is 18.7 Å². The molecule has 8 heteroatoms. The van der Waals surface area contributed by atoms with E-state index in [1.807, 2.05) is 11.9 Å². The van der Waals surface area contributed by atoms with E-state index in [4.69, 9.17) is 9.90 Å². The van der Waals surface area contributed by atoms with E-state index in [0.29, 0.717) is 6.54 Å². The minimum absolute atomic E-state index is 0.0177. The molecule has 0 aromatic carbocycles. The molecule has 23 heavy (non-hydrogen) atoms. The topological polar surface area (TPSA) is 95.7 Å². The summed E-state index contributed by atoms with van der Waals surface area (Å²) in [5.41, 5.74) is -0.579. The molecule has 3 heterocycles. The van der Waals surface area contributed by atoms with Crippen LogP contribution in [0.25, 0.3) is 0 Å². The highest BCUT2D eigenvalue weighted by molar-refractivity contribution is 5.92. The maximum absolute atomic E-state index is 12.6. The van der Waals surface area contributed by atoms with Crippen LogP contribution in [0.2, 0.25) is 0 Å². The molecule has 0 aliphatic carbocycles. The Kier molecular flexibility index (Phi) is 5.36. The van der Waals surface area contributed by atoms with Gasteiger partial charge in [-0.05, 0) is 25.7 Å². The Labute approximate surface area is 134 Å². The molecule has 0 bridgehead atoms. The summed E-state index contributed by atoms with van der Waals surface area (Å²) in [4.78, 5) is 41.0. The predicted octanol–water partition coefficient (Wildman–Crippen LogP) is 0.197. The zero-order valence-electron chi connectivity index (χ0n) is 13.2. The van der Waals surface area contributed by atoms with Gasteiger partial charge >= 0.3 is 0 Å². The van der Waals surface area contributed by atoms with Crippen molar-refractivity contribution < 1.29 is 19.5 Å². The van der Waals surface area contributed by atoms with Crippen LogP contribution in [0.3, 0.4) is 0 Å². The number of likely N-dealkylation sites (tertiary alicyclic amines) is 2. The number of imidazole rings is 1. The van der Waals surface area contributed by atoms with Crippen molar-refractivity contribution in [2.75, 3.05) is 20.1 Å². The first-order valence-corrected chi connectivity index (χ1v) is 7.65. The summed E-state index contributed by atoms with van der Waals surface area (Å²) >= 11 is 0. The van der Waals surface area contributed by atoms with Crippen molar-refractivity contribution in [1.82, 2.24) is 19.4 Å². The SMILES string of the molecule is CN1CCCC2(CCCN2C(=O)Cn2ccnc2)C1=O.O=CO. The summed E-state index contributed by atoms with van der Waals surface area (Å²) in [6.45, 7) is 1.50. The quantitative estimate of drug-likeness (QED) is 0.785. The van der Waals surface area contributed by atoms with Gasteiger partial charge in [-0.15, -0.1) is 0 Å². The second kappa shape index (κ2) is 7.26. The average molecular weight is 322 g/mol. The normalized spacial score (nSPS) is 23.6. The fraction of sp³-hybridized carbons (Fsp3) is 0.600. The number of hydrogen-bond acceptors (Lipinski definition) is 4. The minimum atomic E-state index is -0.579. The van der Waals surface area contributed by atoms with Crippen LogP contribution in [0.4, 0.5) is 0 Å². The molecular weight excluding hydrogens is 300 g/mol. The van der Waals surface area contributed by atoms with Gasteiger partial charge in [0, 0.05) is 32.5 Å². The first kappa shape index (κ1) is 17.0. The molecule has 2 fully saturated rings. The zero-order chi connectivity index (χ0) is 16.9. The monoisotopic (exact) mass is 322 g/mol. The molecular formula is C15H22N4O4. The molecule has 2 aliphatic heterocycles. The first-order chi connectivity index (χ1) is 11.0. The van der Waals surface area contributed by atoms with Crippen molar-refractivity contribution in [2.45, 2.75) is 37.8 Å². The van der Waals surface area contributed by atoms with Crippen LogP contribution < -0.4 is 0 Å². The van der Waals surface area contributed by atoms with Crippen molar-refractivity contribution in [2.24, 2.45) is 0 Å². The molecule has 0 saturated carbocycles. The molecule has 0 radical (unpaired) electrons. The zero-order valence-corrected chi connectivity index (χ0v) is 13.2. The van der Waals surface area contributed by atoms with Gasteiger partial charge in [0.05, 0.1) is 6.33 Å². The van der Waals surface area contributed by atoms with Crippen molar-refractivity contribution in [3.8, 4) is 0 Å². The maximum atomic E-state index is 12.6. The highest BCUT2D eigenvalue weighted by Crippen LogP contribution is 2.37. The third-order valence-corrected chi connectivity index (χ3v) is 4.50. The fourth-order valence-electron chi connectivity index (χ4n) is 3.52. The van der Waals surface area contributed by atoms with Crippen LogP contribution in [-0.4, -0.2) is 68.4 Å². The van der Waals surface area contributed by atoms with Crippen LogP contribution in [0.5, 0.6) is 0 Å². The van der Waals surface area contributed by atoms with Gasteiger partial charge in [0.15, 0.2) is 0 Å². The van der Waals surface area contributed by atoms with E-state index in [1.165, 1.54) is 0 Å². The van der Waals surface area contributed by atoms with Gasteiger partial charge in [-0.2, -0.15) is 0 Å². The lowest BCUT2D eigenvalue weighted by molar-refractivity contribution is -0.154. The molecule has 2 aliphatic rings. The number of carboxylic acid groups (broad SMARTS) is 1. The summed E-state index contributed by atoms with van der Waals surface area (Å²) in [6, 6.07) is 0. The Hall–Kier alpha value is -2.38. The van der Waals surface area contributed by atoms with Gasteiger partial charge in [0.2, 0.25) is 11.8 Å². The molecule has 1 aromatic heterocycles. The van der Waals surface area contributed by atoms with E-state index in [1.54, 1.807) is 28.2 Å². The van der Waals surface area contributed by atoms with Crippen molar-refractivity contribution >= 4 is 18.3 Å². The van der Waals surface area contributed by atoms with E-state index in [9.17, 15) is 9.59 Å². The Morgan fingerprint density at radius 2 is 2.04 bits per heavy atom. The second-order valence-corrected chi connectivity index (χ2v) is 5.85. The number of carbonyl (C=O) groups excluding carboxylic acids is 2. The Bertz CT molecular complexity index is 560. The van der Waals surface area contributed by atoms with E-state index in [0.717, 1.165) is 32.2 Å². The molecule has 3 rings (SSSR count). The number of amides is 2. The van der Waals surface area contributed by atoms with Gasteiger partial charge in [-0.25, -0.2) is 4.98 Å². The largest absolute Gasteiger partial charge is 0.483 e. The molecule has 1 aromatic rings. The lowest BCUT2D eigenvalue weighted by atomic mass is 9.85. The number of hydrogen-bond donors (Lipinski definition) is 1. The summed E-state index contributed by atoms with van der Waals surface area (Å²) in [5, 5.41) is 6.89. The summed E-state index contributed by atoms with van der Waals surface area (Å²) in [5.74, 6) is 0.129. The summed E-state index contributed by atoms with van der Waals surface area (Å²) in [7, 11) is 1.83. The van der Waals surface area contributed by atoms with E-state index in [2.05, 4.69) is 4.98 Å². The Morgan fingerprint density at radius 1 is 1.39 bits per heavy atom. The number of likely N-dealkylation sites (N-methyl/N-ethyl adjacent to an activating group) is 1. The standard InChI is InChI=1S/C14H20N4O2.CH2O2/c1-16-7-2-4-14(13(16)20)5-3-8-18(14)12(19)10-17-9-6-15-11-17;2-1-3/h6,9,11H,2-5,7-8,10H2,1H3;1H,(H,2,3). The van der Waals surface area contributed by atoms with Crippen molar-refractivity contribution in [1.29, 1.82) is 0 Å². The molecule has 2 amide bonds. The molecule has 1 atom stereocenters. The van der Waals surface area contributed by atoms with Gasteiger partial charge in [0.1, 0.15) is 12.1 Å². The lowest BCUT2D eigenvalue weighted by Crippen LogP contribution is -2.60. The van der Waals surface area contributed by atoms with Crippen molar-refractivity contribution in [3.05, 3.63) is 18.7 Å². The number of nitrogens with zero attached hydrogens (tertiary/aromatic N) is 4. The molecule has 1 unspecified atom stereocenters. The van der Waals surface area contributed by atoms with Gasteiger partial charge in [0.25, 0.3) is 6.47 Å². The predicted molar refractivity (Wildman–Crippen MR) is 81.5 cm³/mol. The molecule has 1 N–H and O–H groups in total. The lowest BCUT2D eigenvalue weighted by Gasteiger charge is -2.43. The third-order valence-electron chi connectivity index (χ3n) is 4.50. The highest BCUT2D eigenvalue weighted by atomic mass is 16.3. The number of rotatable bonds is 2. The van der Waals surface area contributed by atoms with Crippen LogP contribution in [0, 0.1) is 0 Å². The van der Waals surface area contributed by atoms with Gasteiger partial charge < -0.3 is 19.5 Å². The first-order valence-electron chi connectivity index (χ1n) is 7.65. The maximum Gasteiger partial charge on any atom is 0.290 e. The number of aromatic nitrogens is 2.